The van der Waals surface area contributed by atoms with Gasteiger partial charge in [-0.1, -0.05) is 19.1 Å². The van der Waals surface area contributed by atoms with Gasteiger partial charge in [0.15, 0.2) is 11.5 Å². The van der Waals surface area contributed by atoms with Crippen LogP contribution in [0.15, 0.2) is 36.5 Å². The molecular weight excluding hydrogens is 270 g/mol. The number of ether oxygens (including phenoxy) is 2. The Kier molecular flexibility index (Phi) is 4.77. The summed E-state index contributed by atoms with van der Waals surface area (Å²) in [6, 6.07) is 8.85. The number of pyridine rings is 1. The molecule has 0 aliphatic carbocycles. The number of aromatic nitrogens is 1. The van der Waals surface area contributed by atoms with Crippen molar-refractivity contribution in [3.05, 3.63) is 47.7 Å². The number of aryl methyl sites for hydroxylation is 1. The van der Waals surface area contributed by atoms with Crippen LogP contribution in [0.4, 0.5) is 0 Å². The van der Waals surface area contributed by atoms with Gasteiger partial charge in [-0.05, 0) is 31.5 Å². The van der Waals surface area contributed by atoms with E-state index in [1.54, 1.807) is 13.0 Å². The first-order valence-corrected chi connectivity index (χ1v) is 6.71. The number of hydrogen-bond acceptors (Lipinski definition) is 4. The number of carboxylic acids is 1. The van der Waals surface area contributed by atoms with Crippen LogP contribution in [0.2, 0.25) is 0 Å². The minimum Gasteiger partial charge on any atom is -0.490 e. The second-order valence-electron chi connectivity index (χ2n) is 4.55. The maximum absolute atomic E-state index is 10.9. The summed E-state index contributed by atoms with van der Waals surface area (Å²) >= 11 is 0. The van der Waals surface area contributed by atoms with E-state index in [0.29, 0.717) is 29.5 Å². The summed E-state index contributed by atoms with van der Waals surface area (Å²) in [6.45, 7) is 4.38. The minimum atomic E-state index is -1.01. The van der Waals surface area contributed by atoms with E-state index in [0.717, 1.165) is 6.42 Å². The predicted molar refractivity (Wildman–Crippen MR) is 78.2 cm³/mol. The highest BCUT2D eigenvalue weighted by molar-refractivity contribution is 5.87. The summed E-state index contributed by atoms with van der Waals surface area (Å²) < 4.78 is 11.4. The summed E-state index contributed by atoms with van der Waals surface area (Å²) in [6.07, 6.45) is 2.18. The van der Waals surface area contributed by atoms with Crippen molar-refractivity contribution in [1.82, 2.24) is 4.98 Å². The van der Waals surface area contributed by atoms with E-state index in [9.17, 15) is 4.79 Å². The number of aromatic carboxylic acids is 1. The van der Waals surface area contributed by atoms with Crippen LogP contribution in [0, 0.1) is 6.92 Å². The van der Waals surface area contributed by atoms with Crippen LogP contribution in [0.3, 0.4) is 0 Å². The molecule has 5 nitrogen and oxygen atoms in total. The Morgan fingerprint density at radius 3 is 2.62 bits per heavy atom. The van der Waals surface area contributed by atoms with E-state index in [2.05, 4.69) is 4.98 Å². The Bertz CT molecular complexity index is 640. The van der Waals surface area contributed by atoms with Crippen molar-refractivity contribution in [1.29, 1.82) is 0 Å². The zero-order chi connectivity index (χ0) is 15.2. The molecule has 0 spiro atoms. The number of rotatable bonds is 6. The van der Waals surface area contributed by atoms with Gasteiger partial charge in [0.1, 0.15) is 0 Å². The molecule has 0 amide bonds. The van der Waals surface area contributed by atoms with Crippen LogP contribution < -0.4 is 9.47 Å². The first kappa shape index (κ1) is 14.8. The molecule has 0 fully saturated rings. The Hall–Kier alpha value is -2.56. The van der Waals surface area contributed by atoms with Crippen LogP contribution in [0.25, 0.3) is 0 Å². The summed E-state index contributed by atoms with van der Waals surface area (Å²) in [5.74, 6) is 0.559. The summed E-state index contributed by atoms with van der Waals surface area (Å²) in [5.41, 5.74) is 0.788. The molecule has 21 heavy (non-hydrogen) atoms. The molecule has 0 aliphatic heterocycles. The molecule has 0 saturated heterocycles. The molecular formula is C16H17NO4. The van der Waals surface area contributed by atoms with Crippen molar-refractivity contribution in [3.63, 3.8) is 0 Å². The lowest BCUT2D eigenvalue weighted by molar-refractivity contribution is 0.0696. The van der Waals surface area contributed by atoms with Crippen molar-refractivity contribution in [2.75, 3.05) is 6.61 Å². The maximum atomic E-state index is 10.9. The molecule has 2 aromatic rings. The third-order valence-corrected chi connectivity index (χ3v) is 2.79. The highest BCUT2D eigenvalue weighted by Crippen LogP contribution is 2.31. The number of nitrogens with zero attached hydrogens (tertiary/aromatic N) is 1. The van der Waals surface area contributed by atoms with E-state index in [1.807, 2.05) is 25.1 Å². The van der Waals surface area contributed by atoms with Crippen LogP contribution in [-0.2, 0) is 0 Å². The third-order valence-electron chi connectivity index (χ3n) is 2.79. The van der Waals surface area contributed by atoms with Crippen molar-refractivity contribution < 1.29 is 19.4 Å². The predicted octanol–water partition coefficient (Wildman–Crippen LogP) is 3.67. The third kappa shape index (κ3) is 3.72. The SMILES string of the molecule is CCCOc1ccccc1Oc1ncc(C(=O)O)cc1C. The monoisotopic (exact) mass is 287 g/mol. The summed E-state index contributed by atoms with van der Waals surface area (Å²) in [5, 5.41) is 8.93. The van der Waals surface area contributed by atoms with Gasteiger partial charge in [-0.3, -0.25) is 0 Å². The standard InChI is InChI=1S/C16H17NO4/c1-3-8-20-13-6-4-5-7-14(13)21-15-11(2)9-12(10-17-15)16(18)19/h4-7,9-10H,3,8H2,1-2H3,(H,18,19). The molecule has 1 aromatic carbocycles. The molecule has 2 rings (SSSR count). The van der Waals surface area contributed by atoms with Crippen molar-refractivity contribution in [2.45, 2.75) is 20.3 Å². The molecule has 0 radical (unpaired) electrons. The first-order valence-electron chi connectivity index (χ1n) is 6.71. The fourth-order valence-electron chi connectivity index (χ4n) is 1.76. The number of carbonyl (C=O) groups is 1. The first-order chi connectivity index (χ1) is 10.1. The fraction of sp³-hybridized carbons (Fsp3) is 0.250. The Morgan fingerprint density at radius 2 is 2.00 bits per heavy atom. The van der Waals surface area contributed by atoms with E-state index in [4.69, 9.17) is 14.6 Å². The van der Waals surface area contributed by atoms with Crippen LogP contribution in [-0.4, -0.2) is 22.7 Å². The molecule has 0 aliphatic rings. The molecule has 0 bridgehead atoms. The molecule has 0 atom stereocenters. The molecule has 1 aromatic heterocycles. The average Bonchev–Trinajstić information content (AvgIpc) is 2.48. The topological polar surface area (TPSA) is 68.7 Å². The lowest BCUT2D eigenvalue weighted by Gasteiger charge is -2.12. The van der Waals surface area contributed by atoms with Gasteiger partial charge in [-0.25, -0.2) is 9.78 Å². The van der Waals surface area contributed by atoms with Gasteiger partial charge < -0.3 is 14.6 Å². The Labute approximate surface area is 123 Å². The quantitative estimate of drug-likeness (QED) is 0.877. The highest BCUT2D eigenvalue weighted by atomic mass is 16.5. The minimum absolute atomic E-state index is 0.135. The zero-order valence-electron chi connectivity index (χ0n) is 12.0. The highest BCUT2D eigenvalue weighted by Gasteiger charge is 2.11. The van der Waals surface area contributed by atoms with Crippen molar-refractivity contribution in [2.24, 2.45) is 0 Å². The second kappa shape index (κ2) is 6.74. The van der Waals surface area contributed by atoms with E-state index < -0.39 is 5.97 Å². The molecule has 1 heterocycles. The van der Waals surface area contributed by atoms with Crippen molar-refractivity contribution >= 4 is 5.97 Å². The largest absolute Gasteiger partial charge is 0.490 e. The number of para-hydroxylation sites is 2. The van der Waals surface area contributed by atoms with Crippen molar-refractivity contribution in [3.8, 4) is 17.4 Å². The number of carboxylic acid groups (broad SMARTS) is 1. The molecule has 5 heteroatoms. The van der Waals surface area contributed by atoms with Crippen LogP contribution in [0.5, 0.6) is 17.4 Å². The van der Waals surface area contributed by atoms with E-state index in [1.165, 1.54) is 12.3 Å². The lowest BCUT2D eigenvalue weighted by atomic mass is 10.2. The maximum Gasteiger partial charge on any atom is 0.337 e. The smallest absolute Gasteiger partial charge is 0.337 e. The summed E-state index contributed by atoms with van der Waals surface area (Å²) in [4.78, 5) is 15.0. The molecule has 0 unspecified atom stereocenters. The van der Waals surface area contributed by atoms with Gasteiger partial charge >= 0.3 is 5.97 Å². The van der Waals surface area contributed by atoms with E-state index in [-0.39, 0.29) is 5.56 Å². The number of hydrogen-bond donors (Lipinski definition) is 1. The zero-order valence-corrected chi connectivity index (χ0v) is 12.0. The van der Waals surface area contributed by atoms with Gasteiger partial charge in [0.2, 0.25) is 5.88 Å². The number of benzene rings is 1. The molecule has 1 N–H and O–H groups in total. The molecule has 0 saturated carbocycles. The normalized spacial score (nSPS) is 10.2. The van der Waals surface area contributed by atoms with Gasteiger partial charge in [0.25, 0.3) is 0 Å². The van der Waals surface area contributed by atoms with E-state index >= 15 is 0 Å². The fourth-order valence-corrected chi connectivity index (χ4v) is 1.76. The second-order valence-corrected chi connectivity index (χ2v) is 4.55. The van der Waals surface area contributed by atoms with Crippen LogP contribution in [0.1, 0.15) is 29.3 Å². The Balaban J connectivity index is 2.24. The van der Waals surface area contributed by atoms with Crippen LogP contribution >= 0.6 is 0 Å². The van der Waals surface area contributed by atoms with Gasteiger partial charge in [-0.2, -0.15) is 0 Å². The Morgan fingerprint density at radius 1 is 1.29 bits per heavy atom. The van der Waals surface area contributed by atoms with Gasteiger partial charge in [0.05, 0.1) is 12.2 Å². The summed E-state index contributed by atoms with van der Waals surface area (Å²) in [7, 11) is 0. The average molecular weight is 287 g/mol. The van der Waals surface area contributed by atoms with Gasteiger partial charge in [-0.15, -0.1) is 0 Å². The van der Waals surface area contributed by atoms with Gasteiger partial charge in [0, 0.05) is 11.8 Å². The lowest BCUT2D eigenvalue weighted by Crippen LogP contribution is -2.01. The molecule has 110 valence electrons.